The molecule has 1 N–H and O–H groups in total. The van der Waals surface area contributed by atoms with Crippen LogP contribution in [-0.2, 0) is 19.4 Å². The van der Waals surface area contributed by atoms with E-state index >= 15 is 0 Å². The average Bonchev–Trinajstić information content (AvgIpc) is 2.83. The summed E-state index contributed by atoms with van der Waals surface area (Å²) in [5, 5.41) is 9.15. The predicted molar refractivity (Wildman–Crippen MR) is 99.7 cm³/mol. The van der Waals surface area contributed by atoms with Crippen molar-refractivity contribution in [2.24, 2.45) is 0 Å². The van der Waals surface area contributed by atoms with Crippen LogP contribution in [0.2, 0.25) is 0 Å². The van der Waals surface area contributed by atoms with Crippen LogP contribution in [0.3, 0.4) is 0 Å². The topological polar surface area (TPSA) is 29.9 Å². The van der Waals surface area contributed by atoms with Gasteiger partial charge in [-0.1, -0.05) is 13.8 Å². The number of nitrogens with one attached hydrogen (secondary N) is 1. The number of likely N-dealkylation sites (N-methyl/N-ethyl adjacent to an activating group) is 1. The summed E-state index contributed by atoms with van der Waals surface area (Å²) in [6.45, 7) is 8.53. The van der Waals surface area contributed by atoms with Crippen molar-refractivity contribution in [3.05, 3.63) is 15.9 Å². The summed E-state index contributed by atoms with van der Waals surface area (Å²) in [6.07, 6.45) is 2.05. The van der Waals surface area contributed by atoms with Gasteiger partial charge in [0.15, 0.2) is 0 Å². The van der Waals surface area contributed by atoms with Crippen LogP contribution in [0, 0.1) is 0 Å². The SMILES string of the molecule is CCNC(Cc1c(Br)c(CC)nn1CC)C1CSCCS1. The predicted octanol–water partition coefficient (Wildman–Crippen LogP) is 3.60. The molecule has 1 aromatic rings. The van der Waals surface area contributed by atoms with Gasteiger partial charge in [-0.15, -0.1) is 0 Å². The Labute approximate surface area is 145 Å². The van der Waals surface area contributed by atoms with Gasteiger partial charge in [-0.05, 0) is 35.8 Å². The van der Waals surface area contributed by atoms with Gasteiger partial charge in [0.05, 0.1) is 15.9 Å². The summed E-state index contributed by atoms with van der Waals surface area (Å²) >= 11 is 8.01. The lowest BCUT2D eigenvalue weighted by atomic mass is 10.1. The molecule has 1 aliphatic heterocycles. The van der Waals surface area contributed by atoms with Crippen LogP contribution in [0.15, 0.2) is 4.47 Å². The molecule has 6 heteroatoms. The first-order valence-corrected chi connectivity index (χ1v) is 10.9. The van der Waals surface area contributed by atoms with Crippen LogP contribution in [0.5, 0.6) is 0 Å². The van der Waals surface area contributed by atoms with E-state index < -0.39 is 0 Å². The van der Waals surface area contributed by atoms with E-state index in [0.717, 1.165) is 25.9 Å². The van der Waals surface area contributed by atoms with E-state index in [1.54, 1.807) is 0 Å². The molecule has 21 heavy (non-hydrogen) atoms. The molecule has 2 atom stereocenters. The minimum absolute atomic E-state index is 0.538. The molecule has 0 aromatic carbocycles. The van der Waals surface area contributed by atoms with Crippen molar-refractivity contribution >= 4 is 39.5 Å². The fraction of sp³-hybridized carbons (Fsp3) is 0.800. The highest BCUT2D eigenvalue weighted by atomic mass is 79.9. The molecule has 0 saturated carbocycles. The zero-order valence-corrected chi connectivity index (χ0v) is 16.4. The number of hydrogen-bond acceptors (Lipinski definition) is 4. The quantitative estimate of drug-likeness (QED) is 0.768. The van der Waals surface area contributed by atoms with Crippen LogP contribution >= 0.6 is 39.5 Å². The number of thioether (sulfide) groups is 2. The first-order valence-electron chi connectivity index (χ1n) is 7.87. The molecule has 0 bridgehead atoms. The summed E-state index contributed by atoms with van der Waals surface area (Å²) in [6, 6.07) is 0.538. The summed E-state index contributed by atoms with van der Waals surface area (Å²) in [5.41, 5.74) is 2.55. The van der Waals surface area contributed by atoms with E-state index in [9.17, 15) is 0 Å². The Morgan fingerprint density at radius 1 is 1.38 bits per heavy atom. The molecule has 2 heterocycles. The number of hydrogen-bond donors (Lipinski definition) is 1. The van der Waals surface area contributed by atoms with Crippen LogP contribution in [0.25, 0.3) is 0 Å². The van der Waals surface area contributed by atoms with Gasteiger partial charge in [-0.2, -0.15) is 28.6 Å². The minimum Gasteiger partial charge on any atom is -0.313 e. The molecule has 1 aromatic heterocycles. The van der Waals surface area contributed by atoms with Gasteiger partial charge in [-0.25, -0.2) is 0 Å². The fourth-order valence-corrected chi connectivity index (χ4v) is 6.37. The standard InChI is InChI=1S/C15H26BrN3S2/c1-4-11-15(16)13(19(6-3)18-11)9-12(17-5-2)14-10-20-7-8-21-14/h12,14,17H,4-10H2,1-3H3. The van der Waals surface area contributed by atoms with E-state index in [0.29, 0.717) is 11.3 Å². The lowest BCUT2D eigenvalue weighted by Gasteiger charge is -2.30. The molecule has 1 aliphatic rings. The molecule has 2 unspecified atom stereocenters. The van der Waals surface area contributed by atoms with Crippen molar-refractivity contribution in [2.45, 2.75) is 51.4 Å². The van der Waals surface area contributed by atoms with Crippen molar-refractivity contribution in [1.82, 2.24) is 15.1 Å². The van der Waals surface area contributed by atoms with E-state index in [1.807, 2.05) is 0 Å². The average molecular weight is 392 g/mol. The van der Waals surface area contributed by atoms with Gasteiger partial charge in [0.25, 0.3) is 0 Å². The highest BCUT2D eigenvalue weighted by molar-refractivity contribution is 9.10. The van der Waals surface area contributed by atoms with Gasteiger partial charge < -0.3 is 5.32 Å². The molecular formula is C15H26BrN3S2. The summed E-state index contributed by atoms with van der Waals surface area (Å²) < 4.78 is 3.40. The fourth-order valence-electron chi connectivity index (χ4n) is 2.76. The Bertz CT molecular complexity index is 444. The Morgan fingerprint density at radius 2 is 2.19 bits per heavy atom. The second-order valence-corrected chi connectivity index (χ2v) is 8.52. The lowest BCUT2D eigenvalue weighted by molar-refractivity contribution is 0.495. The van der Waals surface area contributed by atoms with E-state index in [2.05, 4.69) is 70.2 Å². The maximum absolute atomic E-state index is 4.74. The molecule has 0 amide bonds. The molecule has 0 radical (unpaired) electrons. The van der Waals surface area contributed by atoms with Crippen LogP contribution in [0.4, 0.5) is 0 Å². The molecule has 2 rings (SSSR count). The van der Waals surface area contributed by atoms with Crippen LogP contribution in [0.1, 0.15) is 32.2 Å². The van der Waals surface area contributed by atoms with E-state index in [1.165, 1.54) is 33.1 Å². The van der Waals surface area contributed by atoms with Crippen molar-refractivity contribution in [3.63, 3.8) is 0 Å². The van der Waals surface area contributed by atoms with Crippen LogP contribution < -0.4 is 5.32 Å². The maximum Gasteiger partial charge on any atom is 0.0766 e. The van der Waals surface area contributed by atoms with Gasteiger partial charge in [0.1, 0.15) is 0 Å². The first-order chi connectivity index (χ1) is 10.2. The Kier molecular flexibility index (Phi) is 7.46. The maximum atomic E-state index is 4.74. The van der Waals surface area contributed by atoms with Gasteiger partial charge in [0.2, 0.25) is 0 Å². The molecule has 120 valence electrons. The van der Waals surface area contributed by atoms with E-state index in [-0.39, 0.29) is 0 Å². The number of aromatic nitrogens is 2. The zero-order valence-electron chi connectivity index (χ0n) is 13.2. The summed E-state index contributed by atoms with van der Waals surface area (Å²) in [5.74, 6) is 3.85. The molecule has 1 fully saturated rings. The van der Waals surface area contributed by atoms with Gasteiger partial charge >= 0.3 is 0 Å². The highest BCUT2D eigenvalue weighted by Crippen LogP contribution is 2.30. The van der Waals surface area contributed by atoms with E-state index in [4.69, 9.17) is 5.10 Å². The Balaban J connectivity index is 2.17. The third-order valence-corrected chi connectivity index (χ3v) is 7.70. The third-order valence-electron chi connectivity index (χ3n) is 3.86. The Hall–Kier alpha value is 0.350. The molecule has 0 aliphatic carbocycles. The van der Waals surface area contributed by atoms with Crippen molar-refractivity contribution in [3.8, 4) is 0 Å². The largest absolute Gasteiger partial charge is 0.313 e. The van der Waals surface area contributed by atoms with Crippen LogP contribution in [-0.4, -0.2) is 44.9 Å². The third kappa shape index (κ3) is 4.43. The number of halogens is 1. The van der Waals surface area contributed by atoms with Crippen molar-refractivity contribution in [1.29, 1.82) is 0 Å². The van der Waals surface area contributed by atoms with Crippen molar-refractivity contribution < 1.29 is 0 Å². The first kappa shape index (κ1) is 17.7. The monoisotopic (exact) mass is 391 g/mol. The summed E-state index contributed by atoms with van der Waals surface area (Å²) in [4.78, 5) is 0. The Morgan fingerprint density at radius 3 is 2.76 bits per heavy atom. The number of rotatable bonds is 7. The summed E-state index contributed by atoms with van der Waals surface area (Å²) in [7, 11) is 0. The molecule has 3 nitrogen and oxygen atoms in total. The number of nitrogens with zero attached hydrogens (tertiary/aromatic N) is 2. The van der Waals surface area contributed by atoms with Gasteiger partial charge in [-0.3, -0.25) is 4.68 Å². The van der Waals surface area contributed by atoms with Crippen molar-refractivity contribution in [2.75, 3.05) is 23.8 Å². The lowest BCUT2D eigenvalue weighted by Crippen LogP contribution is -2.43. The zero-order chi connectivity index (χ0) is 15.2. The van der Waals surface area contributed by atoms with Gasteiger partial charge in [0, 0.05) is 41.5 Å². The smallest absolute Gasteiger partial charge is 0.0766 e. The molecule has 1 saturated heterocycles. The second-order valence-electron chi connectivity index (χ2n) is 5.23. The minimum atomic E-state index is 0.538. The highest BCUT2D eigenvalue weighted by Gasteiger charge is 2.27. The normalized spacial score (nSPS) is 20.7. The molecular weight excluding hydrogens is 366 g/mol. The number of aryl methyl sites for hydroxylation is 2. The molecule has 0 spiro atoms. The second kappa shape index (κ2) is 8.85.